The maximum Gasteiger partial charge on any atom is 0.338 e. The number of esters is 1. The normalized spacial score (nSPS) is 11.8. The van der Waals surface area contributed by atoms with Crippen molar-refractivity contribution in [2.75, 3.05) is 19.7 Å². The molecule has 0 aliphatic carbocycles. The lowest BCUT2D eigenvalue weighted by Crippen LogP contribution is -2.23. The van der Waals surface area contributed by atoms with Gasteiger partial charge in [-0.25, -0.2) is 4.79 Å². The van der Waals surface area contributed by atoms with Crippen LogP contribution in [0.5, 0.6) is 0 Å². The summed E-state index contributed by atoms with van der Waals surface area (Å²) in [5.74, 6) is 6.00. The molecule has 0 aliphatic heterocycles. The largest absolute Gasteiger partial charge is 0.458 e. The van der Waals surface area contributed by atoms with Crippen LogP contribution in [0, 0.1) is 17.3 Å². The van der Waals surface area contributed by atoms with Crippen LogP contribution < -0.4 is 0 Å². The van der Waals surface area contributed by atoms with Gasteiger partial charge in [-0.2, -0.15) is 11.3 Å². The highest BCUT2D eigenvalue weighted by Gasteiger charge is 2.09. The summed E-state index contributed by atoms with van der Waals surface area (Å²) >= 11 is 1.64. The summed E-state index contributed by atoms with van der Waals surface area (Å²) in [5.41, 5.74) is 2.81. The Bertz CT molecular complexity index is 908. The minimum atomic E-state index is -0.299. The maximum absolute atomic E-state index is 12.3. The van der Waals surface area contributed by atoms with E-state index in [1.807, 2.05) is 53.3 Å². The van der Waals surface area contributed by atoms with Crippen LogP contribution in [0.15, 0.2) is 59.3 Å². The molecular weight excluding hydrogens is 390 g/mol. The van der Waals surface area contributed by atoms with Crippen LogP contribution in [-0.4, -0.2) is 30.6 Å². The number of thiophene rings is 1. The number of hydrogen-bond acceptors (Lipinski definition) is 4. The minimum Gasteiger partial charge on any atom is -0.458 e. The van der Waals surface area contributed by atoms with Gasteiger partial charge in [0.1, 0.15) is 6.61 Å². The van der Waals surface area contributed by atoms with Crippen molar-refractivity contribution in [3.05, 3.63) is 76.0 Å². The fraction of sp³-hybridized carbons (Fsp3) is 0.346. The average Bonchev–Trinajstić information content (AvgIpc) is 3.23. The van der Waals surface area contributed by atoms with Gasteiger partial charge in [-0.15, -0.1) is 0 Å². The van der Waals surface area contributed by atoms with Crippen LogP contribution in [0.3, 0.4) is 0 Å². The number of rotatable bonds is 9. The molecule has 0 N–H and O–H groups in total. The molecule has 0 bridgehead atoms. The second kappa shape index (κ2) is 12.2. The zero-order chi connectivity index (χ0) is 21.8. The summed E-state index contributed by atoms with van der Waals surface area (Å²) in [6.07, 6.45) is 7.82. The second-order valence-corrected chi connectivity index (χ2v) is 8.79. The number of ether oxygens (including phenoxy) is 1. The first kappa shape index (κ1) is 23.7. The van der Waals surface area contributed by atoms with E-state index in [-0.39, 0.29) is 18.0 Å². The number of benzene rings is 1. The molecule has 0 atom stereocenters. The van der Waals surface area contributed by atoms with Crippen molar-refractivity contribution in [3.63, 3.8) is 0 Å². The molecule has 1 aromatic heterocycles. The first-order chi connectivity index (χ1) is 14.4. The molecule has 1 aromatic carbocycles. The fourth-order valence-corrected chi connectivity index (χ4v) is 3.27. The van der Waals surface area contributed by atoms with Crippen molar-refractivity contribution in [1.29, 1.82) is 0 Å². The second-order valence-electron chi connectivity index (χ2n) is 8.01. The highest BCUT2D eigenvalue weighted by Crippen LogP contribution is 2.12. The Balaban J connectivity index is 1.87. The van der Waals surface area contributed by atoms with Crippen molar-refractivity contribution in [2.24, 2.45) is 5.41 Å². The van der Waals surface area contributed by atoms with Gasteiger partial charge in [-0.3, -0.25) is 4.90 Å². The molecule has 2 rings (SSSR count). The first-order valence-electron chi connectivity index (χ1n) is 10.2. The van der Waals surface area contributed by atoms with Gasteiger partial charge in [0.25, 0.3) is 0 Å². The monoisotopic (exact) mass is 421 g/mol. The van der Waals surface area contributed by atoms with E-state index in [0.29, 0.717) is 5.56 Å². The van der Waals surface area contributed by atoms with Crippen LogP contribution in [0.1, 0.15) is 49.2 Å². The molecule has 0 saturated carbocycles. The highest BCUT2D eigenvalue weighted by atomic mass is 32.1. The van der Waals surface area contributed by atoms with Gasteiger partial charge in [0.15, 0.2) is 0 Å². The Labute approximate surface area is 185 Å². The number of allylic oxidation sites excluding steroid dienone is 1. The Kier molecular flexibility index (Phi) is 9.60. The molecule has 3 nitrogen and oxygen atoms in total. The molecule has 0 amide bonds. The van der Waals surface area contributed by atoms with Gasteiger partial charge in [0.05, 0.1) is 5.56 Å². The maximum atomic E-state index is 12.3. The smallest absolute Gasteiger partial charge is 0.338 e. The minimum absolute atomic E-state index is 0.0174. The predicted octanol–water partition coefficient (Wildman–Crippen LogP) is 6.05. The number of nitrogens with zero attached hydrogens (tertiary/aromatic N) is 1. The lowest BCUT2D eigenvalue weighted by atomic mass is 9.98. The fourth-order valence-electron chi connectivity index (χ4n) is 2.64. The van der Waals surface area contributed by atoms with Gasteiger partial charge >= 0.3 is 5.97 Å². The predicted molar refractivity (Wildman–Crippen MR) is 127 cm³/mol. The van der Waals surface area contributed by atoms with Gasteiger partial charge in [-0.05, 0) is 79.6 Å². The number of carbonyl (C=O) groups is 1. The van der Waals surface area contributed by atoms with E-state index in [1.165, 1.54) is 0 Å². The van der Waals surface area contributed by atoms with E-state index < -0.39 is 0 Å². The quantitative estimate of drug-likeness (QED) is 0.365. The summed E-state index contributed by atoms with van der Waals surface area (Å²) in [6, 6.07) is 9.69. The topological polar surface area (TPSA) is 29.5 Å². The molecule has 0 radical (unpaired) electrons. The van der Waals surface area contributed by atoms with Gasteiger partial charge in [0.2, 0.25) is 0 Å². The Hall–Kier alpha value is -2.61. The van der Waals surface area contributed by atoms with Crippen LogP contribution in [-0.2, 0) is 11.3 Å². The Morgan fingerprint density at radius 1 is 1.23 bits per heavy atom. The number of carbonyl (C=O) groups excluding carboxylic acids is 1. The van der Waals surface area contributed by atoms with Crippen LogP contribution in [0.25, 0.3) is 6.08 Å². The zero-order valence-corrected chi connectivity index (χ0v) is 19.2. The zero-order valence-electron chi connectivity index (χ0n) is 18.4. The number of likely N-dealkylation sites (N-methyl/N-ethyl adjacent to an activating group) is 1. The highest BCUT2D eigenvalue weighted by molar-refractivity contribution is 7.08. The Morgan fingerprint density at radius 3 is 2.77 bits per heavy atom. The summed E-state index contributed by atoms with van der Waals surface area (Å²) in [7, 11) is 0. The van der Waals surface area contributed by atoms with E-state index in [9.17, 15) is 4.79 Å². The van der Waals surface area contributed by atoms with E-state index >= 15 is 0 Å². The van der Waals surface area contributed by atoms with Gasteiger partial charge in [-0.1, -0.05) is 43.0 Å². The lowest BCUT2D eigenvalue weighted by Gasteiger charge is -2.18. The summed E-state index contributed by atoms with van der Waals surface area (Å²) in [6.45, 7) is 11.2. The number of hydrogen-bond donors (Lipinski definition) is 0. The molecule has 0 spiro atoms. The van der Waals surface area contributed by atoms with E-state index in [0.717, 1.165) is 30.8 Å². The molecule has 0 aliphatic rings. The Morgan fingerprint density at radius 2 is 2.07 bits per heavy atom. The summed E-state index contributed by atoms with van der Waals surface area (Å²) in [5, 5.41) is 4.07. The molecule has 0 saturated heterocycles. The molecule has 158 valence electrons. The molecule has 0 fully saturated rings. The van der Waals surface area contributed by atoms with Gasteiger partial charge < -0.3 is 4.74 Å². The summed E-state index contributed by atoms with van der Waals surface area (Å²) < 4.78 is 5.37. The van der Waals surface area contributed by atoms with Crippen LogP contribution in [0.2, 0.25) is 0 Å². The molecule has 1 heterocycles. The first-order valence-corrected chi connectivity index (χ1v) is 11.2. The molecule has 4 heteroatoms. The van der Waals surface area contributed by atoms with Crippen molar-refractivity contribution < 1.29 is 9.53 Å². The van der Waals surface area contributed by atoms with Gasteiger partial charge in [0, 0.05) is 18.5 Å². The van der Waals surface area contributed by atoms with Crippen LogP contribution >= 0.6 is 11.3 Å². The lowest BCUT2D eigenvalue weighted by molar-refractivity contribution is 0.0550. The third-order valence-electron chi connectivity index (χ3n) is 4.19. The molecule has 0 unspecified atom stereocenters. The van der Waals surface area contributed by atoms with Crippen molar-refractivity contribution in [3.8, 4) is 11.8 Å². The average molecular weight is 422 g/mol. The third kappa shape index (κ3) is 9.26. The molecular formula is C26H31NO2S. The van der Waals surface area contributed by atoms with Crippen LogP contribution in [0.4, 0.5) is 0 Å². The summed E-state index contributed by atoms with van der Waals surface area (Å²) in [4.78, 5) is 14.6. The van der Waals surface area contributed by atoms with E-state index in [1.54, 1.807) is 17.4 Å². The van der Waals surface area contributed by atoms with E-state index in [4.69, 9.17) is 4.74 Å². The standard InChI is InChI=1S/C26H31NO2S/c1-5-27(16-8-6-7-15-26(2,3)4)20-23-11-9-13-24(19-23)25(28)29-17-10-12-22-14-18-30-21-22/h6,8-14,18-19,21H,5,16-17,20H2,1-4H3/b8-6+,12-10+. The van der Waals surface area contributed by atoms with Crippen molar-refractivity contribution >= 4 is 23.4 Å². The molecule has 30 heavy (non-hydrogen) atoms. The van der Waals surface area contributed by atoms with E-state index in [2.05, 4.69) is 50.5 Å². The third-order valence-corrected chi connectivity index (χ3v) is 4.89. The molecule has 2 aromatic rings. The SMILES string of the molecule is CCN(C/C=C/C#CC(C)(C)C)Cc1cccc(C(=O)OC/C=C/c2ccsc2)c1. The van der Waals surface area contributed by atoms with Crippen molar-refractivity contribution in [1.82, 2.24) is 4.90 Å². The van der Waals surface area contributed by atoms with Crippen molar-refractivity contribution in [2.45, 2.75) is 34.2 Å².